The van der Waals surface area contributed by atoms with Gasteiger partial charge in [0.05, 0.1) is 0 Å². The maximum absolute atomic E-state index is 2.55. The van der Waals surface area contributed by atoms with Crippen molar-refractivity contribution < 1.29 is 0 Å². The molecule has 0 amide bonds. The minimum atomic E-state index is -1.23. The average Bonchev–Trinajstić information content (AvgIpc) is 2.59. The number of rotatable bonds is 21. The molecule has 0 aliphatic carbocycles. The van der Waals surface area contributed by atoms with E-state index in [2.05, 4.69) is 24.2 Å². The molecule has 26 heavy (non-hydrogen) atoms. The molecule has 0 nitrogen and oxygen atoms in total. The molecule has 0 aliphatic rings. The van der Waals surface area contributed by atoms with Crippen LogP contribution in [-0.2, 0) is 0 Å². The molecule has 0 aromatic heterocycles. The Morgan fingerprint density at radius 1 is 0.346 bits per heavy atom. The summed E-state index contributed by atoms with van der Waals surface area (Å²) in [5.74, 6) is 7.65. The molecule has 0 atom stereocenters. The van der Waals surface area contributed by atoms with Gasteiger partial charge in [-0.2, -0.15) is 0 Å². The molecule has 0 aromatic carbocycles. The Kier molecular flexibility index (Phi) is 20.7. The van der Waals surface area contributed by atoms with Crippen LogP contribution in [0.4, 0.5) is 0 Å². The second kappa shape index (κ2) is 20.3. The molecule has 0 heterocycles. The van der Waals surface area contributed by atoms with Crippen molar-refractivity contribution in [2.24, 2.45) is 0 Å². The van der Waals surface area contributed by atoms with Gasteiger partial charge in [0.25, 0.3) is 0 Å². The fourth-order valence-electron chi connectivity index (χ4n) is 3.91. The third kappa shape index (κ3) is 24.5. The van der Waals surface area contributed by atoms with Gasteiger partial charge in [-0.3, -0.25) is 0 Å². The zero-order valence-electron chi connectivity index (χ0n) is 19.3. The van der Waals surface area contributed by atoms with Gasteiger partial charge < -0.3 is 0 Å². The van der Waals surface area contributed by atoms with Crippen LogP contribution < -0.4 is 0 Å². The number of hydrogen-bond acceptors (Lipinski definition) is 0. The summed E-state index contributed by atoms with van der Waals surface area (Å²) >= 11 is -1.23. The molecule has 0 saturated carbocycles. The van der Waals surface area contributed by atoms with Gasteiger partial charge >= 0.3 is 106 Å². The molecule has 0 saturated heterocycles. The van der Waals surface area contributed by atoms with E-state index in [0.717, 1.165) is 0 Å². The summed E-state index contributed by atoms with van der Waals surface area (Å²) in [6.07, 6.45) is 29.7. The topological polar surface area (TPSA) is 0 Å². The molecule has 0 unspecified atom stereocenters. The summed E-state index contributed by atoms with van der Waals surface area (Å²) in [6.45, 7) is 2.30. The Labute approximate surface area is 171 Å². The van der Waals surface area contributed by atoms with E-state index < -0.39 is 13.3 Å². The van der Waals surface area contributed by atoms with Crippen molar-refractivity contribution in [1.29, 1.82) is 0 Å². The summed E-state index contributed by atoms with van der Waals surface area (Å²) in [5.41, 5.74) is 0. The Morgan fingerprint density at radius 2 is 0.577 bits per heavy atom. The zero-order valence-corrected chi connectivity index (χ0v) is 21.4. The predicted octanol–water partition coefficient (Wildman–Crippen LogP) is 10.1. The van der Waals surface area contributed by atoms with Crippen molar-refractivity contribution in [1.82, 2.24) is 0 Å². The van der Waals surface area contributed by atoms with Crippen LogP contribution in [0.3, 0.4) is 0 Å². The standard InChI is InChI=1S/C25H54Ge/c1-5-6-7-8-9-10-11-12-13-14-15-16-17-18-19-20-21-22-23-24-25-26(2,3)4/h5-25H2,1-4H3. The van der Waals surface area contributed by atoms with Crippen molar-refractivity contribution in [2.75, 3.05) is 0 Å². The molecule has 0 fully saturated rings. The van der Waals surface area contributed by atoms with E-state index in [4.69, 9.17) is 0 Å². The molecule has 0 bridgehead atoms. The molecular weight excluding hydrogens is 373 g/mol. The molecule has 0 aliphatic heterocycles. The average molecular weight is 427 g/mol. The van der Waals surface area contributed by atoms with Gasteiger partial charge in [-0.25, -0.2) is 0 Å². The van der Waals surface area contributed by atoms with E-state index in [0.29, 0.717) is 0 Å². The molecule has 1 heteroatoms. The summed E-state index contributed by atoms with van der Waals surface area (Å²) in [7, 11) is 0. The summed E-state index contributed by atoms with van der Waals surface area (Å²) < 4.78 is 0. The second-order valence-corrected chi connectivity index (χ2v) is 21.8. The van der Waals surface area contributed by atoms with Crippen molar-refractivity contribution in [3.05, 3.63) is 0 Å². The van der Waals surface area contributed by atoms with Crippen molar-refractivity contribution in [2.45, 2.75) is 158 Å². The fourth-order valence-corrected chi connectivity index (χ4v) is 6.66. The molecular formula is C25H54Ge. The third-order valence-corrected chi connectivity index (χ3v) is 9.67. The normalized spacial score (nSPS) is 12.0. The van der Waals surface area contributed by atoms with E-state index in [-0.39, 0.29) is 0 Å². The van der Waals surface area contributed by atoms with E-state index in [1.807, 2.05) is 0 Å². The van der Waals surface area contributed by atoms with E-state index in [9.17, 15) is 0 Å². The Hall–Kier alpha value is 0.543. The van der Waals surface area contributed by atoms with Crippen LogP contribution in [-0.4, -0.2) is 13.3 Å². The first kappa shape index (κ1) is 26.5. The Balaban J connectivity index is 3.01. The number of unbranched alkanes of at least 4 members (excludes halogenated alkanes) is 19. The van der Waals surface area contributed by atoms with Crippen LogP contribution in [0.15, 0.2) is 0 Å². The quantitative estimate of drug-likeness (QED) is 0.126. The van der Waals surface area contributed by atoms with Gasteiger partial charge in [-0.05, 0) is 0 Å². The Morgan fingerprint density at radius 3 is 0.808 bits per heavy atom. The molecule has 0 N–H and O–H groups in total. The molecule has 0 rings (SSSR count). The van der Waals surface area contributed by atoms with Gasteiger partial charge in [0.2, 0.25) is 0 Å². The van der Waals surface area contributed by atoms with Gasteiger partial charge in [-0.1, -0.05) is 64.7 Å². The van der Waals surface area contributed by atoms with Crippen molar-refractivity contribution >= 4 is 13.3 Å². The van der Waals surface area contributed by atoms with E-state index in [1.165, 1.54) is 128 Å². The van der Waals surface area contributed by atoms with Crippen LogP contribution in [0.5, 0.6) is 0 Å². The summed E-state index contributed by atoms with van der Waals surface area (Å²) in [4.78, 5) is 0. The Bertz CT molecular complexity index is 253. The van der Waals surface area contributed by atoms with Gasteiger partial charge in [0.1, 0.15) is 0 Å². The van der Waals surface area contributed by atoms with Crippen LogP contribution in [0.1, 0.15) is 135 Å². The van der Waals surface area contributed by atoms with Crippen LogP contribution in [0.25, 0.3) is 0 Å². The molecule has 0 aromatic rings. The molecule has 0 radical (unpaired) electrons. The van der Waals surface area contributed by atoms with Crippen molar-refractivity contribution in [3.63, 3.8) is 0 Å². The first-order valence-electron chi connectivity index (χ1n) is 12.6. The van der Waals surface area contributed by atoms with E-state index >= 15 is 0 Å². The predicted molar refractivity (Wildman–Crippen MR) is 126 cm³/mol. The first-order valence-corrected chi connectivity index (χ1v) is 20.3. The SMILES string of the molecule is CCCCCCCCCCCCCCCCCCCCC[CH2][Ge]([CH3])([CH3])[CH3]. The summed E-state index contributed by atoms with van der Waals surface area (Å²) in [6, 6.07) is 0. The summed E-state index contributed by atoms with van der Waals surface area (Å²) in [5, 5.41) is 1.58. The van der Waals surface area contributed by atoms with Crippen LogP contribution >= 0.6 is 0 Å². The van der Waals surface area contributed by atoms with Crippen molar-refractivity contribution in [3.8, 4) is 0 Å². The van der Waals surface area contributed by atoms with Crippen LogP contribution in [0, 0.1) is 0 Å². The number of hydrogen-bond donors (Lipinski definition) is 0. The third-order valence-electron chi connectivity index (χ3n) is 5.78. The second-order valence-electron chi connectivity index (χ2n) is 10.0. The molecule has 158 valence electrons. The monoisotopic (exact) mass is 428 g/mol. The van der Waals surface area contributed by atoms with Gasteiger partial charge in [0, 0.05) is 0 Å². The van der Waals surface area contributed by atoms with Gasteiger partial charge in [0.15, 0.2) is 0 Å². The van der Waals surface area contributed by atoms with E-state index in [1.54, 1.807) is 5.25 Å². The first-order chi connectivity index (χ1) is 12.6. The van der Waals surface area contributed by atoms with Gasteiger partial charge in [-0.15, -0.1) is 0 Å². The maximum atomic E-state index is 2.55. The minimum absolute atomic E-state index is 1.23. The fraction of sp³-hybridized carbons (Fsp3) is 1.00. The zero-order chi connectivity index (χ0) is 19.3. The van der Waals surface area contributed by atoms with Crippen LogP contribution in [0.2, 0.25) is 22.5 Å². The molecule has 0 spiro atoms.